The van der Waals surface area contributed by atoms with Crippen LogP contribution in [0.1, 0.15) is 11.1 Å². The van der Waals surface area contributed by atoms with E-state index in [-0.39, 0.29) is 11.7 Å². The number of alkyl halides is 3. The molecule has 23 heavy (non-hydrogen) atoms. The molecule has 0 fully saturated rings. The standard InChI is InChI=1S/C16H16F3O3P/c1-21-23(20,22-2)11-13-10-14(16(17,18)19)8-9-15(13)12-6-4-3-5-7-12/h3-10H,11H2,1-2H3. The molecule has 2 aromatic rings. The molecule has 2 aromatic carbocycles. The van der Waals surface area contributed by atoms with Gasteiger partial charge in [-0.2, -0.15) is 13.2 Å². The van der Waals surface area contributed by atoms with Gasteiger partial charge < -0.3 is 9.05 Å². The van der Waals surface area contributed by atoms with Crippen molar-refractivity contribution in [2.75, 3.05) is 14.2 Å². The summed E-state index contributed by atoms with van der Waals surface area (Å²) in [6.45, 7) is 0. The fourth-order valence-electron chi connectivity index (χ4n) is 2.21. The van der Waals surface area contributed by atoms with E-state index in [1.807, 2.05) is 6.07 Å². The van der Waals surface area contributed by atoms with Crippen molar-refractivity contribution in [3.8, 4) is 11.1 Å². The van der Waals surface area contributed by atoms with Crippen molar-refractivity contribution in [3.05, 3.63) is 59.7 Å². The third-order valence-corrected chi connectivity index (χ3v) is 5.28. The predicted molar refractivity (Wildman–Crippen MR) is 82.2 cm³/mol. The second-order valence-electron chi connectivity index (χ2n) is 4.87. The van der Waals surface area contributed by atoms with E-state index in [9.17, 15) is 17.7 Å². The van der Waals surface area contributed by atoms with Gasteiger partial charge in [0.25, 0.3) is 0 Å². The van der Waals surface area contributed by atoms with E-state index in [0.29, 0.717) is 5.56 Å². The molecule has 0 saturated carbocycles. The molecule has 3 nitrogen and oxygen atoms in total. The second kappa shape index (κ2) is 6.87. The molecule has 0 bridgehead atoms. The molecule has 0 atom stereocenters. The van der Waals surface area contributed by atoms with Crippen molar-refractivity contribution in [2.24, 2.45) is 0 Å². The first-order valence-electron chi connectivity index (χ1n) is 6.75. The van der Waals surface area contributed by atoms with Crippen LogP contribution in [0.2, 0.25) is 0 Å². The molecule has 2 rings (SSSR count). The number of hydrogen-bond acceptors (Lipinski definition) is 3. The van der Waals surface area contributed by atoms with Crippen LogP contribution in [0, 0.1) is 0 Å². The maximum atomic E-state index is 13.0. The Hall–Kier alpha value is -1.62. The van der Waals surface area contributed by atoms with Crippen molar-refractivity contribution in [3.63, 3.8) is 0 Å². The molecular weight excluding hydrogens is 328 g/mol. The summed E-state index contributed by atoms with van der Waals surface area (Å²) < 4.78 is 61.0. The molecule has 0 aliphatic rings. The molecule has 0 spiro atoms. The van der Waals surface area contributed by atoms with Crippen LogP contribution in [0.3, 0.4) is 0 Å². The molecule has 0 amide bonds. The van der Waals surface area contributed by atoms with Crippen LogP contribution >= 0.6 is 7.60 Å². The summed E-state index contributed by atoms with van der Waals surface area (Å²) in [7, 11) is -1.07. The van der Waals surface area contributed by atoms with Gasteiger partial charge in [0.1, 0.15) is 0 Å². The summed E-state index contributed by atoms with van der Waals surface area (Å²) >= 11 is 0. The first-order valence-corrected chi connectivity index (χ1v) is 8.48. The Balaban J connectivity index is 2.56. The maximum absolute atomic E-state index is 13.0. The number of benzene rings is 2. The highest BCUT2D eigenvalue weighted by molar-refractivity contribution is 7.52. The molecule has 0 aliphatic heterocycles. The SMILES string of the molecule is COP(=O)(Cc1cc(C(F)(F)F)ccc1-c1ccccc1)OC. The third kappa shape index (κ3) is 4.22. The average Bonchev–Trinajstić information content (AvgIpc) is 2.54. The molecule has 0 aromatic heterocycles. The van der Waals surface area contributed by atoms with Gasteiger partial charge in [-0.25, -0.2) is 0 Å². The first-order chi connectivity index (χ1) is 10.8. The predicted octanol–water partition coefficient (Wildman–Crippen LogP) is 5.36. The van der Waals surface area contributed by atoms with Crippen molar-refractivity contribution in [1.29, 1.82) is 0 Å². The summed E-state index contributed by atoms with van der Waals surface area (Å²) in [4.78, 5) is 0. The number of halogens is 3. The lowest BCUT2D eigenvalue weighted by Crippen LogP contribution is -2.06. The topological polar surface area (TPSA) is 35.5 Å². The Labute approximate surface area is 132 Å². The Morgan fingerprint density at radius 3 is 2.13 bits per heavy atom. The van der Waals surface area contributed by atoms with Gasteiger partial charge in [0.15, 0.2) is 0 Å². The van der Waals surface area contributed by atoms with Crippen molar-refractivity contribution >= 4 is 7.60 Å². The molecule has 0 radical (unpaired) electrons. The van der Waals surface area contributed by atoms with E-state index < -0.39 is 19.3 Å². The van der Waals surface area contributed by atoms with Gasteiger partial charge in [-0.1, -0.05) is 36.4 Å². The highest BCUT2D eigenvalue weighted by atomic mass is 31.2. The highest BCUT2D eigenvalue weighted by Gasteiger charge is 2.32. The summed E-state index contributed by atoms with van der Waals surface area (Å²) in [5, 5.41) is 0. The lowest BCUT2D eigenvalue weighted by Gasteiger charge is -2.18. The van der Waals surface area contributed by atoms with Gasteiger partial charge in [0.2, 0.25) is 0 Å². The molecule has 7 heteroatoms. The number of rotatable bonds is 5. The second-order valence-corrected chi connectivity index (χ2v) is 7.14. The Morgan fingerprint density at radius 2 is 1.61 bits per heavy atom. The van der Waals surface area contributed by atoms with Gasteiger partial charge in [-0.15, -0.1) is 0 Å². The molecule has 0 aliphatic carbocycles. The van der Waals surface area contributed by atoms with Crippen molar-refractivity contribution < 1.29 is 26.8 Å². The molecular formula is C16H16F3O3P. The smallest absolute Gasteiger partial charge is 0.312 e. The Kier molecular flexibility index (Phi) is 5.30. The summed E-state index contributed by atoms with van der Waals surface area (Å²) in [6, 6.07) is 12.3. The quantitative estimate of drug-likeness (QED) is 0.685. The maximum Gasteiger partial charge on any atom is 0.416 e. The van der Waals surface area contributed by atoms with E-state index in [4.69, 9.17) is 9.05 Å². The van der Waals surface area contributed by atoms with Crippen LogP contribution in [0.15, 0.2) is 48.5 Å². The van der Waals surface area contributed by atoms with Crippen LogP contribution in [-0.4, -0.2) is 14.2 Å². The summed E-state index contributed by atoms with van der Waals surface area (Å²) in [6.07, 6.45) is -4.72. The van der Waals surface area contributed by atoms with E-state index in [1.54, 1.807) is 24.3 Å². The summed E-state index contributed by atoms with van der Waals surface area (Å²) in [5.74, 6) is 0. The molecule has 0 N–H and O–H groups in total. The Morgan fingerprint density at radius 1 is 1.00 bits per heavy atom. The van der Waals surface area contributed by atoms with E-state index in [1.165, 1.54) is 20.3 Å². The third-order valence-electron chi connectivity index (χ3n) is 3.44. The van der Waals surface area contributed by atoms with Gasteiger partial charge in [0.05, 0.1) is 11.7 Å². The van der Waals surface area contributed by atoms with Crippen LogP contribution in [0.25, 0.3) is 11.1 Å². The fraction of sp³-hybridized carbons (Fsp3) is 0.250. The van der Waals surface area contributed by atoms with Crippen LogP contribution < -0.4 is 0 Å². The fourth-order valence-corrected chi connectivity index (χ4v) is 3.30. The molecule has 0 heterocycles. The van der Waals surface area contributed by atoms with Gasteiger partial charge >= 0.3 is 13.8 Å². The molecule has 0 saturated heterocycles. The van der Waals surface area contributed by atoms with Crippen molar-refractivity contribution in [1.82, 2.24) is 0 Å². The lowest BCUT2D eigenvalue weighted by molar-refractivity contribution is -0.137. The normalized spacial score (nSPS) is 12.4. The first kappa shape index (κ1) is 17.7. The average molecular weight is 344 g/mol. The van der Waals surface area contributed by atoms with Gasteiger partial charge in [-0.05, 0) is 28.8 Å². The van der Waals surface area contributed by atoms with E-state index in [0.717, 1.165) is 17.7 Å². The minimum atomic E-state index is -4.48. The zero-order valence-corrected chi connectivity index (χ0v) is 13.5. The summed E-state index contributed by atoms with van der Waals surface area (Å²) in [5.41, 5.74) is 0.756. The monoisotopic (exact) mass is 344 g/mol. The minimum Gasteiger partial charge on any atom is -0.312 e. The molecule has 0 unspecified atom stereocenters. The van der Waals surface area contributed by atoms with Crippen LogP contribution in [0.5, 0.6) is 0 Å². The van der Waals surface area contributed by atoms with Gasteiger partial charge in [0, 0.05) is 14.2 Å². The highest BCUT2D eigenvalue weighted by Crippen LogP contribution is 2.51. The zero-order valence-electron chi connectivity index (χ0n) is 12.6. The van der Waals surface area contributed by atoms with Crippen molar-refractivity contribution in [2.45, 2.75) is 12.3 Å². The van der Waals surface area contributed by atoms with E-state index >= 15 is 0 Å². The largest absolute Gasteiger partial charge is 0.416 e. The van der Waals surface area contributed by atoms with Gasteiger partial charge in [-0.3, -0.25) is 4.57 Å². The van der Waals surface area contributed by atoms with Crippen LogP contribution in [-0.2, 0) is 26.0 Å². The lowest BCUT2D eigenvalue weighted by atomic mass is 9.98. The zero-order chi connectivity index (χ0) is 17.1. The Bertz CT molecular complexity index is 706. The molecule has 124 valence electrons. The van der Waals surface area contributed by atoms with E-state index in [2.05, 4.69) is 0 Å². The van der Waals surface area contributed by atoms with Crippen LogP contribution in [0.4, 0.5) is 13.2 Å². The number of hydrogen-bond donors (Lipinski definition) is 0. The minimum absolute atomic E-state index is 0.242.